The fourth-order valence-corrected chi connectivity index (χ4v) is 9.48. The molecule has 0 radical (unpaired) electrons. The third-order valence-electron chi connectivity index (χ3n) is 11.0. The van der Waals surface area contributed by atoms with Crippen molar-refractivity contribution in [3.8, 4) is 0 Å². The second-order valence-electron chi connectivity index (χ2n) is 12.5. The Labute approximate surface area is 239 Å². The second-order valence-corrected chi connectivity index (χ2v) is 14.0. The molecule has 0 aromatic rings. The van der Waals surface area contributed by atoms with Crippen LogP contribution in [-0.2, 0) is 14.9 Å². The zero-order valence-corrected chi connectivity index (χ0v) is 25.4. The third-order valence-corrected chi connectivity index (χ3v) is 11.7. The Morgan fingerprint density at radius 3 is 2.44 bits per heavy atom. The molecule has 0 heterocycles. The van der Waals surface area contributed by atoms with E-state index in [1.54, 1.807) is 0 Å². The number of aliphatic hydroxyl groups excluding tert-OH is 2. The van der Waals surface area contributed by atoms with Crippen molar-refractivity contribution in [1.82, 2.24) is 5.32 Å². The van der Waals surface area contributed by atoms with E-state index >= 15 is 0 Å². The number of amides is 1. The van der Waals surface area contributed by atoms with Crippen LogP contribution in [0, 0.1) is 46.3 Å². The summed E-state index contributed by atoms with van der Waals surface area (Å²) in [5.74, 6) is 2.10. The standard InChI is InChI=1S/C26H45NO6S.Na.H2O/c1-16(4-9-24(30)27-12-13-34(31,32)33)20-7-8-21-19-6-5-17-14-18(28)10-11-25(17,2)22(19)15-23(29)26(20,21)3;;/h16-23,28-29H,4-15H2,1-3H3,(H,27,30)(H,31,32,33);;1H2/q;+1;/p-1. The first-order valence-corrected chi connectivity index (χ1v) is 15.0. The van der Waals surface area contributed by atoms with Crippen LogP contribution in [0.3, 0.4) is 0 Å². The van der Waals surface area contributed by atoms with Crippen molar-refractivity contribution in [3.05, 3.63) is 0 Å². The summed E-state index contributed by atoms with van der Waals surface area (Å²) in [7, 11) is -4.32. The van der Waals surface area contributed by atoms with Gasteiger partial charge in [-0.05, 0) is 104 Å². The fraction of sp³-hybridized carbons (Fsp3) is 0.962. The minimum atomic E-state index is -4.32. The molecular formula is C26H46NNaO7S. The Kier molecular flexibility index (Phi) is 11.0. The van der Waals surface area contributed by atoms with Crippen LogP contribution in [0.1, 0.15) is 85.0 Å². The largest absolute Gasteiger partial charge is 1.00 e. The SMILES string of the molecule is CC(CCC(=O)NCCS(=O)(=O)[O-])C1CCC2C3CCC4CC(O)CCC4(C)C3CC(O)C12C.O.[Na+]. The van der Waals surface area contributed by atoms with Crippen molar-refractivity contribution in [1.29, 1.82) is 0 Å². The molecular weight excluding hydrogens is 493 g/mol. The smallest absolute Gasteiger partial charge is 0.748 e. The van der Waals surface area contributed by atoms with E-state index in [2.05, 4.69) is 26.1 Å². The molecule has 4 rings (SSSR count). The minimum Gasteiger partial charge on any atom is -0.748 e. The quantitative estimate of drug-likeness (QED) is 0.285. The molecule has 10 heteroatoms. The number of rotatable bonds is 7. The summed E-state index contributed by atoms with van der Waals surface area (Å²) in [6.07, 6.45) is 8.85. The zero-order valence-electron chi connectivity index (χ0n) is 22.5. The maximum atomic E-state index is 12.2. The monoisotopic (exact) mass is 539 g/mol. The topological polar surface area (TPSA) is 158 Å². The normalized spacial score (nSPS) is 42.6. The van der Waals surface area contributed by atoms with Crippen LogP contribution in [0.4, 0.5) is 0 Å². The Balaban J connectivity index is 0.00000228. The number of fused-ring (bicyclic) bond motifs is 5. The molecule has 0 saturated heterocycles. The zero-order chi connectivity index (χ0) is 24.9. The third kappa shape index (κ3) is 6.19. The van der Waals surface area contributed by atoms with Gasteiger partial charge in [0.15, 0.2) is 0 Å². The van der Waals surface area contributed by atoms with Gasteiger partial charge in [0.05, 0.1) is 28.1 Å². The minimum absolute atomic E-state index is 0. The van der Waals surface area contributed by atoms with Gasteiger partial charge in [-0.25, -0.2) is 8.42 Å². The molecule has 0 aromatic heterocycles. The summed E-state index contributed by atoms with van der Waals surface area (Å²) in [5.41, 5.74) is 0.0922. The maximum absolute atomic E-state index is 12.2. The van der Waals surface area contributed by atoms with E-state index in [4.69, 9.17) is 0 Å². The van der Waals surface area contributed by atoms with Gasteiger partial charge < -0.3 is 25.6 Å². The maximum Gasteiger partial charge on any atom is 1.00 e. The summed E-state index contributed by atoms with van der Waals surface area (Å²) in [4.78, 5) is 12.2. The average Bonchev–Trinajstić information content (AvgIpc) is 3.11. The second kappa shape index (κ2) is 12.2. The van der Waals surface area contributed by atoms with Gasteiger partial charge in [0, 0.05) is 13.0 Å². The number of carbonyl (C=O) groups is 1. The van der Waals surface area contributed by atoms with Crippen LogP contribution in [-0.4, -0.2) is 59.1 Å². The van der Waals surface area contributed by atoms with Gasteiger partial charge in [-0.2, -0.15) is 0 Å². The van der Waals surface area contributed by atoms with Crippen LogP contribution < -0.4 is 34.9 Å². The van der Waals surface area contributed by atoms with Crippen molar-refractivity contribution in [2.24, 2.45) is 46.3 Å². The van der Waals surface area contributed by atoms with Crippen LogP contribution in [0.15, 0.2) is 0 Å². The van der Waals surface area contributed by atoms with Gasteiger partial charge in [-0.15, -0.1) is 0 Å². The molecule has 5 N–H and O–H groups in total. The molecule has 4 saturated carbocycles. The fourth-order valence-electron chi connectivity index (χ4n) is 9.12. The molecule has 0 bridgehead atoms. The Morgan fingerprint density at radius 1 is 1.08 bits per heavy atom. The summed E-state index contributed by atoms with van der Waals surface area (Å²) < 4.78 is 32.2. The average molecular weight is 540 g/mol. The summed E-state index contributed by atoms with van der Waals surface area (Å²) in [5, 5.41) is 24.4. The van der Waals surface area contributed by atoms with E-state index in [0.717, 1.165) is 38.5 Å². The van der Waals surface area contributed by atoms with E-state index < -0.39 is 15.9 Å². The van der Waals surface area contributed by atoms with Crippen LogP contribution in [0.5, 0.6) is 0 Å². The van der Waals surface area contributed by atoms with Crippen LogP contribution >= 0.6 is 0 Å². The Hall–Kier alpha value is 0.260. The molecule has 10 unspecified atom stereocenters. The van der Waals surface area contributed by atoms with Crippen molar-refractivity contribution >= 4 is 16.0 Å². The molecule has 0 aromatic carbocycles. The molecule has 8 nitrogen and oxygen atoms in total. The number of aliphatic hydroxyl groups is 2. The predicted molar refractivity (Wildman–Crippen MR) is 132 cm³/mol. The van der Waals surface area contributed by atoms with Gasteiger partial charge in [-0.3, -0.25) is 4.79 Å². The molecule has 0 aliphatic heterocycles. The van der Waals surface area contributed by atoms with E-state index in [-0.39, 0.29) is 76.4 Å². The van der Waals surface area contributed by atoms with Crippen molar-refractivity contribution in [2.75, 3.05) is 12.3 Å². The van der Waals surface area contributed by atoms with Gasteiger partial charge >= 0.3 is 29.6 Å². The van der Waals surface area contributed by atoms with E-state index in [9.17, 15) is 28.0 Å². The van der Waals surface area contributed by atoms with E-state index in [1.807, 2.05) is 0 Å². The van der Waals surface area contributed by atoms with Crippen molar-refractivity contribution in [3.63, 3.8) is 0 Å². The number of hydrogen-bond acceptors (Lipinski definition) is 6. The molecule has 4 fully saturated rings. The molecule has 10 atom stereocenters. The van der Waals surface area contributed by atoms with Gasteiger partial charge in [-0.1, -0.05) is 20.8 Å². The summed E-state index contributed by atoms with van der Waals surface area (Å²) in [6.45, 7) is 6.78. The summed E-state index contributed by atoms with van der Waals surface area (Å²) >= 11 is 0. The predicted octanol–water partition coefficient (Wildman–Crippen LogP) is -0.766. The van der Waals surface area contributed by atoms with Crippen LogP contribution in [0.2, 0.25) is 0 Å². The first-order valence-electron chi connectivity index (χ1n) is 13.4. The van der Waals surface area contributed by atoms with E-state index in [1.165, 1.54) is 12.8 Å². The Morgan fingerprint density at radius 2 is 1.78 bits per heavy atom. The summed E-state index contributed by atoms with van der Waals surface area (Å²) in [6, 6.07) is 0. The molecule has 36 heavy (non-hydrogen) atoms. The van der Waals surface area contributed by atoms with Gasteiger partial charge in [0.1, 0.15) is 0 Å². The number of hydrogen-bond donors (Lipinski definition) is 3. The van der Waals surface area contributed by atoms with Gasteiger partial charge in [0.2, 0.25) is 5.91 Å². The molecule has 1 amide bonds. The molecule has 204 valence electrons. The molecule has 0 spiro atoms. The first-order chi connectivity index (χ1) is 15.9. The van der Waals surface area contributed by atoms with Crippen LogP contribution in [0.25, 0.3) is 0 Å². The molecule has 4 aliphatic carbocycles. The number of carbonyl (C=O) groups excluding carboxylic acids is 1. The van der Waals surface area contributed by atoms with Crippen molar-refractivity contribution < 1.29 is 63.0 Å². The molecule has 4 aliphatic rings. The van der Waals surface area contributed by atoms with Gasteiger partial charge in [0.25, 0.3) is 0 Å². The van der Waals surface area contributed by atoms with E-state index in [0.29, 0.717) is 42.4 Å². The Bertz CT molecular complexity index is 872. The van der Waals surface area contributed by atoms with Crippen molar-refractivity contribution in [2.45, 2.75) is 97.2 Å². The first kappa shape index (κ1) is 32.5. The number of nitrogens with one attached hydrogen (secondary N) is 1.